The highest BCUT2D eigenvalue weighted by Gasteiger charge is 2.30. The van der Waals surface area contributed by atoms with Crippen LogP contribution in [-0.4, -0.2) is 16.9 Å². The Morgan fingerprint density at radius 3 is 2.37 bits per heavy atom. The van der Waals surface area contributed by atoms with Crippen molar-refractivity contribution in [1.82, 2.24) is 4.98 Å². The fourth-order valence-corrected chi connectivity index (χ4v) is 1.88. The predicted octanol–water partition coefficient (Wildman–Crippen LogP) is 3.57. The Morgan fingerprint density at radius 2 is 1.95 bits per heavy atom. The zero-order valence-electron chi connectivity index (χ0n) is 12.5. The van der Waals surface area contributed by atoms with Gasteiger partial charge in [-0.05, 0) is 41.0 Å². The van der Waals surface area contributed by atoms with Crippen molar-refractivity contribution >= 4 is 6.29 Å². The van der Waals surface area contributed by atoms with E-state index in [4.69, 9.17) is 4.74 Å². The third kappa shape index (κ3) is 3.31. The van der Waals surface area contributed by atoms with Gasteiger partial charge in [0.25, 0.3) is 0 Å². The molecule has 0 aliphatic heterocycles. The Balaban J connectivity index is 3.40. The lowest BCUT2D eigenvalue weighted by Crippen LogP contribution is -2.28. The summed E-state index contributed by atoms with van der Waals surface area (Å²) in [6.45, 7) is 11.0. The van der Waals surface area contributed by atoms with Crippen LogP contribution in [0.3, 0.4) is 0 Å². The standard InChI is InChI=1S/C15H22FNO2/c1-7-15(6,9-18)13-10(2)12(11(16)8-17-13)19-14(3,4)5/h8-9H,7H2,1-6H3. The number of carbonyl (C=O) groups excluding carboxylic acids is 1. The molecule has 0 aliphatic rings. The highest BCUT2D eigenvalue weighted by Crippen LogP contribution is 2.34. The van der Waals surface area contributed by atoms with Crippen molar-refractivity contribution < 1.29 is 13.9 Å². The maximum absolute atomic E-state index is 13.9. The molecule has 0 spiro atoms. The normalized spacial score (nSPS) is 14.9. The largest absolute Gasteiger partial charge is 0.485 e. The second-order valence-corrected chi connectivity index (χ2v) is 6.01. The van der Waals surface area contributed by atoms with Crippen molar-refractivity contribution in [3.8, 4) is 5.75 Å². The molecule has 0 amide bonds. The van der Waals surface area contributed by atoms with Gasteiger partial charge in [-0.2, -0.15) is 0 Å². The van der Waals surface area contributed by atoms with Crippen molar-refractivity contribution in [2.24, 2.45) is 0 Å². The number of hydrogen-bond donors (Lipinski definition) is 0. The summed E-state index contributed by atoms with van der Waals surface area (Å²) in [6.07, 6.45) is 2.59. The number of rotatable bonds is 4. The van der Waals surface area contributed by atoms with Crippen LogP contribution in [0.4, 0.5) is 4.39 Å². The summed E-state index contributed by atoms with van der Waals surface area (Å²) in [5, 5.41) is 0. The Bertz CT molecular complexity index is 480. The van der Waals surface area contributed by atoms with Gasteiger partial charge in [-0.3, -0.25) is 4.98 Å². The van der Waals surface area contributed by atoms with E-state index < -0.39 is 16.8 Å². The minimum Gasteiger partial charge on any atom is -0.485 e. The zero-order valence-corrected chi connectivity index (χ0v) is 12.5. The molecule has 0 N–H and O–H groups in total. The molecule has 0 saturated heterocycles. The maximum atomic E-state index is 13.9. The van der Waals surface area contributed by atoms with Gasteiger partial charge < -0.3 is 9.53 Å². The first-order valence-electron chi connectivity index (χ1n) is 6.45. The van der Waals surface area contributed by atoms with Gasteiger partial charge in [0.05, 0.1) is 17.3 Å². The quantitative estimate of drug-likeness (QED) is 0.783. The van der Waals surface area contributed by atoms with E-state index in [1.807, 2.05) is 27.7 Å². The molecule has 0 aromatic carbocycles. The van der Waals surface area contributed by atoms with Gasteiger partial charge in [-0.15, -0.1) is 0 Å². The lowest BCUT2D eigenvalue weighted by Gasteiger charge is -2.27. The summed E-state index contributed by atoms with van der Waals surface area (Å²) < 4.78 is 19.5. The van der Waals surface area contributed by atoms with Gasteiger partial charge in [0.2, 0.25) is 0 Å². The third-order valence-corrected chi connectivity index (χ3v) is 3.16. The van der Waals surface area contributed by atoms with Gasteiger partial charge in [0.1, 0.15) is 11.9 Å². The summed E-state index contributed by atoms with van der Waals surface area (Å²) in [4.78, 5) is 15.4. The van der Waals surface area contributed by atoms with Crippen LogP contribution in [0.15, 0.2) is 6.20 Å². The highest BCUT2D eigenvalue weighted by molar-refractivity contribution is 5.68. The van der Waals surface area contributed by atoms with Crippen molar-refractivity contribution in [3.05, 3.63) is 23.3 Å². The molecule has 0 radical (unpaired) electrons. The van der Waals surface area contributed by atoms with Crippen LogP contribution in [0, 0.1) is 12.7 Å². The average molecular weight is 267 g/mol. The molecule has 3 nitrogen and oxygen atoms in total. The lowest BCUT2D eigenvalue weighted by atomic mass is 9.83. The second kappa shape index (κ2) is 5.27. The lowest BCUT2D eigenvalue weighted by molar-refractivity contribution is -0.112. The van der Waals surface area contributed by atoms with Crippen LogP contribution in [0.1, 0.15) is 52.3 Å². The van der Waals surface area contributed by atoms with Gasteiger partial charge in [-0.1, -0.05) is 6.92 Å². The molecule has 0 fully saturated rings. The highest BCUT2D eigenvalue weighted by atomic mass is 19.1. The number of aromatic nitrogens is 1. The first-order chi connectivity index (χ1) is 8.64. The molecule has 1 rings (SSSR count). The SMILES string of the molecule is CCC(C)(C=O)c1ncc(F)c(OC(C)(C)C)c1C. The molecule has 1 heterocycles. The first kappa shape index (κ1) is 15.6. The summed E-state index contributed by atoms with van der Waals surface area (Å²) in [7, 11) is 0. The molecule has 0 saturated carbocycles. The zero-order chi connectivity index (χ0) is 14.8. The Hall–Kier alpha value is -1.45. The number of aldehydes is 1. The van der Waals surface area contributed by atoms with Crippen molar-refractivity contribution in [2.75, 3.05) is 0 Å². The fourth-order valence-electron chi connectivity index (χ4n) is 1.88. The van der Waals surface area contributed by atoms with E-state index in [0.29, 0.717) is 17.7 Å². The number of ether oxygens (including phenoxy) is 1. The first-order valence-corrected chi connectivity index (χ1v) is 6.45. The molecule has 1 atom stereocenters. The molecule has 1 unspecified atom stereocenters. The Morgan fingerprint density at radius 1 is 1.37 bits per heavy atom. The smallest absolute Gasteiger partial charge is 0.183 e. The number of nitrogens with zero attached hydrogens (tertiary/aromatic N) is 1. The molecular formula is C15H22FNO2. The molecule has 1 aromatic heterocycles. The maximum Gasteiger partial charge on any atom is 0.183 e. The molecule has 19 heavy (non-hydrogen) atoms. The number of hydrogen-bond acceptors (Lipinski definition) is 3. The summed E-state index contributed by atoms with van der Waals surface area (Å²) in [5.74, 6) is -0.320. The molecule has 0 bridgehead atoms. The van der Waals surface area contributed by atoms with Crippen molar-refractivity contribution in [2.45, 2.75) is 59.0 Å². The van der Waals surface area contributed by atoms with Gasteiger partial charge in [0, 0.05) is 5.56 Å². The molecule has 1 aromatic rings. The van der Waals surface area contributed by atoms with Gasteiger partial charge in [0.15, 0.2) is 11.6 Å². The van der Waals surface area contributed by atoms with E-state index in [0.717, 1.165) is 12.5 Å². The summed E-state index contributed by atoms with van der Waals surface area (Å²) >= 11 is 0. The van der Waals surface area contributed by atoms with E-state index in [1.165, 1.54) is 0 Å². The van der Waals surface area contributed by atoms with E-state index >= 15 is 0 Å². The minimum atomic E-state index is -0.715. The minimum absolute atomic E-state index is 0.180. The number of carbonyl (C=O) groups is 1. The molecular weight excluding hydrogens is 245 g/mol. The van der Waals surface area contributed by atoms with E-state index in [9.17, 15) is 9.18 Å². The van der Waals surface area contributed by atoms with Crippen LogP contribution in [-0.2, 0) is 10.2 Å². The van der Waals surface area contributed by atoms with Crippen LogP contribution in [0.2, 0.25) is 0 Å². The van der Waals surface area contributed by atoms with Crippen LogP contribution >= 0.6 is 0 Å². The monoisotopic (exact) mass is 267 g/mol. The Kier molecular flexibility index (Phi) is 4.33. The van der Waals surface area contributed by atoms with E-state index in [-0.39, 0.29) is 5.75 Å². The third-order valence-electron chi connectivity index (χ3n) is 3.16. The average Bonchev–Trinajstić information content (AvgIpc) is 2.32. The van der Waals surface area contributed by atoms with Crippen LogP contribution < -0.4 is 4.74 Å². The molecule has 4 heteroatoms. The van der Waals surface area contributed by atoms with Gasteiger partial charge >= 0.3 is 0 Å². The van der Waals surface area contributed by atoms with Gasteiger partial charge in [-0.25, -0.2) is 4.39 Å². The number of pyridine rings is 1. The predicted molar refractivity (Wildman–Crippen MR) is 73.0 cm³/mol. The topological polar surface area (TPSA) is 39.2 Å². The molecule has 106 valence electrons. The molecule has 0 aliphatic carbocycles. The second-order valence-electron chi connectivity index (χ2n) is 6.01. The van der Waals surface area contributed by atoms with Crippen LogP contribution in [0.25, 0.3) is 0 Å². The summed E-state index contributed by atoms with van der Waals surface area (Å²) in [6, 6.07) is 0. The fraction of sp³-hybridized carbons (Fsp3) is 0.600. The van der Waals surface area contributed by atoms with E-state index in [1.54, 1.807) is 13.8 Å². The Labute approximate surface area is 114 Å². The summed E-state index contributed by atoms with van der Waals surface area (Å²) in [5.41, 5.74) is -0.0565. The van der Waals surface area contributed by atoms with Crippen LogP contribution in [0.5, 0.6) is 5.75 Å². The van der Waals surface area contributed by atoms with Crippen molar-refractivity contribution in [3.63, 3.8) is 0 Å². The number of halogens is 1. The van der Waals surface area contributed by atoms with Crippen molar-refractivity contribution in [1.29, 1.82) is 0 Å². The van der Waals surface area contributed by atoms with E-state index in [2.05, 4.69) is 4.98 Å².